The Hall–Kier alpha value is -2.18. The highest BCUT2D eigenvalue weighted by Gasteiger charge is 2.01. The molecule has 17 heavy (non-hydrogen) atoms. The standard InChI is InChI=1S/C10H14N6O/c1-16(2)10-12-6-3-8(14-10)11-5-4-9-13-7-17-15-9/h3,6-7H,4-5H2,1-2H3,(H,11,12,14). The fraction of sp³-hybridized carbons (Fsp3) is 0.400. The van der Waals surface area contributed by atoms with Crippen LogP contribution in [0.5, 0.6) is 0 Å². The first-order valence-corrected chi connectivity index (χ1v) is 5.25. The van der Waals surface area contributed by atoms with Crippen LogP contribution in [-0.4, -0.2) is 40.7 Å². The first kappa shape index (κ1) is 11.3. The van der Waals surface area contributed by atoms with E-state index in [9.17, 15) is 0 Å². The first-order chi connectivity index (χ1) is 8.25. The maximum absolute atomic E-state index is 4.65. The molecule has 7 heteroatoms. The molecule has 0 amide bonds. The van der Waals surface area contributed by atoms with Crippen LogP contribution in [-0.2, 0) is 6.42 Å². The summed E-state index contributed by atoms with van der Waals surface area (Å²) in [7, 11) is 3.80. The third-order valence-corrected chi connectivity index (χ3v) is 2.10. The SMILES string of the molecule is CN(C)c1nccc(NCCc2ncon2)n1. The van der Waals surface area contributed by atoms with Crippen molar-refractivity contribution in [2.75, 3.05) is 30.9 Å². The highest BCUT2D eigenvalue weighted by molar-refractivity contribution is 5.40. The van der Waals surface area contributed by atoms with Gasteiger partial charge in [0.25, 0.3) is 0 Å². The summed E-state index contributed by atoms with van der Waals surface area (Å²) in [6, 6.07) is 1.82. The van der Waals surface area contributed by atoms with Gasteiger partial charge >= 0.3 is 0 Å². The monoisotopic (exact) mass is 234 g/mol. The van der Waals surface area contributed by atoms with Gasteiger partial charge in [0.15, 0.2) is 5.82 Å². The van der Waals surface area contributed by atoms with E-state index >= 15 is 0 Å². The predicted octanol–water partition coefficient (Wildman–Crippen LogP) is 0.580. The largest absolute Gasteiger partial charge is 0.369 e. The van der Waals surface area contributed by atoms with Gasteiger partial charge in [0.05, 0.1) is 0 Å². The molecule has 2 aromatic rings. The van der Waals surface area contributed by atoms with Crippen molar-refractivity contribution >= 4 is 11.8 Å². The highest BCUT2D eigenvalue weighted by atomic mass is 16.5. The van der Waals surface area contributed by atoms with Gasteiger partial charge in [-0.2, -0.15) is 9.97 Å². The maximum Gasteiger partial charge on any atom is 0.226 e. The van der Waals surface area contributed by atoms with Gasteiger partial charge in [-0.25, -0.2) is 4.98 Å². The minimum atomic E-state index is 0.676. The topological polar surface area (TPSA) is 80.0 Å². The second kappa shape index (κ2) is 5.24. The van der Waals surface area contributed by atoms with Crippen LogP contribution in [0, 0.1) is 0 Å². The normalized spacial score (nSPS) is 10.2. The minimum absolute atomic E-state index is 0.676. The summed E-state index contributed by atoms with van der Waals surface area (Å²) in [6.07, 6.45) is 3.74. The van der Waals surface area contributed by atoms with E-state index in [0.717, 1.165) is 5.82 Å². The average Bonchev–Trinajstić information content (AvgIpc) is 2.82. The van der Waals surface area contributed by atoms with E-state index < -0.39 is 0 Å². The summed E-state index contributed by atoms with van der Waals surface area (Å²) in [5, 5.41) is 6.90. The fourth-order valence-electron chi connectivity index (χ4n) is 1.27. The Bertz CT molecular complexity index is 456. The predicted molar refractivity (Wildman–Crippen MR) is 62.9 cm³/mol. The number of rotatable bonds is 5. The number of hydrogen-bond donors (Lipinski definition) is 1. The molecule has 7 nitrogen and oxygen atoms in total. The Morgan fingerprint density at radius 1 is 1.35 bits per heavy atom. The van der Waals surface area contributed by atoms with Crippen molar-refractivity contribution in [1.29, 1.82) is 0 Å². The molecule has 0 aromatic carbocycles. The third kappa shape index (κ3) is 3.13. The molecule has 2 aromatic heterocycles. The quantitative estimate of drug-likeness (QED) is 0.810. The van der Waals surface area contributed by atoms with E-state index in [2.05, 4.69) is 29.9 Å². The number of anilines is 2. The van der Waals surface area contributed by atoms with E-state index in [1.807, 2.05) is 25.1 Å². The van der Waals surface area contributed by atoms with Crippen molar-refractivity contribution in [3.8, 4) is 0 Å². The van der Waals surface area contributed by atoms with Crippen LogP contribution in [0.15, 0.2) is 23.2 Å². The van der Waals surface area contributed by atoms with Gasteiger partial charge in [0.2, 0.25) is 12.3 Å². The second-order valence-electron chi connectivity index (χ2n) is 3.66. The molecule has 2 heterocycles. The molecule has 0 radical (unpaired) electrons. The summed E-state index contributed by atoms with van der Waals surface area (Å²) in [5.74, 6) is 2.14. The Morgan fingerprint density at radius 3 is 2.94 bits per heavy atom. The molecule has 2 rings (SSSR count). The van der Waals surface area contributed by atoms with Crippen molar-refractivity contribution < 1.29 is 4.52 Å². The summed E-state index contributed by atoms with van der Waals surface area (Å²) < 4.78 is 4.65. The average molecular weight is 234 g/mol. The molecule has 0 fully saturated rings. The molecule has 0 saturated heterocycles. The van der Waals surface area contributed by atoms with Crippen LogP contribution in [0.1, 0.15) is 5.82 Å². The number of hydrogen-bond acceptors (Lipinski definition) is 7. The number of nitrogens with zero attached hydrogens (tertiary/aromatic N) is 5. The zero-order valence-electron chi connectivity index (χ0n) is 9.79. The second-order valence-corrected chi connectivity index (χ2v) is 3.66. The Balaban J connectivity index is 1.88. The fourth-order valence-corrected chi connectivity index (χ4v) is 1.27. The molecule has 1 N–H and O–H groups in total. The Kier molecular flexibility index (Phi) is 3.49. The highest BCUT2D eigenvalue weighted by Crippen LogP contribution is 2.07. The van der Waals surface area contributed by atoms with Crippen molar-refractivity contribution in [2.45, 2.75) is 6.42 Å². The van der Waals surface area contributed by atoms with E-state index in [-0.39, 0.29) is 0 Å². The molecule has 0 aliphatic heterocycles. The number of nitrogens with one attached hydrogen (secondary N) is 1. The molecular weight excluding hydrogens is 220 g/mol. The number of aromatic nitrogens is 4. The van der Waals surface area contributed by atoms with Crippen LogP contribution in [0.3, 0.4) is 0 Å². The summed E-state index contributed by atoms with van der Waals surface area (Å²) in [6.45, 7) is 0.698. The van der Waals surface area contributed by atoms with Crippen molar-refractivity contribution in [2.24, 2.45) is 0 Å². The molecule has 0 spiro atoms. The van der Waals surface area contributed by atoms with Crippen LogP contribution in [0.4, 0.5) is 11.8 Å². The lowest BCUT2D eigenvalue weighted by Crippen LogP contribution is -2.14. The Labute approximate surface area is 98.9 Å². The lowest BCUT2D eigenvalue weighted by Gasteiger charge is -2.11. The van der Waals surface area contributed by atoms with Crippen LogP contribution < -0.4 is 10.2 Å². The zero-order valence-corrected chi connectivity index (χ0v) is 9.79. The van der Waals surface area contributed by atoms with Crippen LogP contribution in [0.25, 0.3) is 0 Å². The van der Waals surface area contributed by atoms with Gasteiger partial charge in [-0.15, -0.1) is 0 Å². The van der Waals surface area contributed by atoms with Crippen LogP contribution >= 0.6 is 0 Å². The van der Waals surface area contributed by atoms with E-state index in [1.165, 1.54) is 6.39 Å². The maximum atomic E-state index is 4.65. The van der Waals surface area contributed by atoms with Gasteiger partial charge in [-0.3, -0.25) is 0 Å². The molecule has 0 bridgehead atoms. The molecule has 0 aliphatic carbocycles. The molecule has 0 aliphatic rings. The van der Waals surface area contributed by atoms with Crippen LogP contribution in [0.2, 0.25) is 0 Å². The van der Waals surface area contributed by atoms with E-state index in [4.69, 9.17) is 0 Å². The molecular formula is C10H14N6O. The summed E-state index contributed by atoms with van der Waals surface area (Å²) in [5.41, 5.74) is 0. The summed E-state index contributed by atoms with van der Waals surface area (Å²) in [4.78, 5) is 14.2. The van der Waals surface area contributed by atoms with Crippen molar-refractivity contribution in [1.82, 2.24) is 20.1 Å². The lowest BCUT2D eigenvalue weighted by molar-refractivity contribution is 0.410. The third-order valence-electron chi connectivity index (χ3n) is 2.10. The van der Waals surface area contributed by atoms with Gasteiger partial charge in [0.1, 0.15) is 5.82 Å². The molecule has 90 valence electrons. The summed E-state index contributed by atoms with van der Waals surface area (Å²) >= 11 is 0. The van der Waals surface area contributed by atoms with E-state index in [0.29, 0.717) is 24.7 Å². The van der Waals surface area contributed by atoms with Gasteiger partial charge in [-0.1, -0.05) is 5.16 Å². The zero-order chi connectivity index (χ0) is 12.1. The smallest absolute Gasteiger partial charge is 0.226 e. The minimum Gasteiger partial charge on any atom is -0.369 e. The molecule has 0 atom stereocenters. The van der Waals surface area contributed by atoms with Crippen molar-refractivity contribution in [3.63, 3.8) is 0 Å². The Morgan fingerprint density at radius 2 is 2.24 bits per heavy atom. The van der Waals surface area contributed by atoms with Crippen molar-refractivity contribution in [3.05, 3.63) is 24.5 Å². The first-order valence-electron chi connectivity index (χ1n) is 5.25. The molecule has 0 saturated carbocycles. The lowest BCUT2D eigenvalue weighted by atomic mass is 10.4. The molecule has 0 unspecified atom stereocenters. The van der Waals surface area contributed by atoms with Gasteiger partial charge < -0.3 is 14.7 Å². The van der Waals surface area contributed by atoms with Gasteiger partial charge in [-0.05, 0) is 6.07 Å². The van der Waals surface area contributed by atoms with E-state index in [1.54, 1.807) is 6.20 Å². The van der Waals surface area contributed by atoms with Gasteiger partial charge in [0, 0.05) is 33.3 Å².